The molecule has 0 aliphatic rings. The number of aliphatic hydroxyl groups is 2. The Kier molecular flexibility index (Phi) is 4.53. The van der Waals surface area contributed by atoms with E-state index >= 15 is 0 Å². The second kappa shape index (κ2) is 6.17. The number of hydrogen-bond donors (Lipinski definition) is 3. The maximum absolute atomic E-state index is 12.1. The highest BCUT2D eigenvalue weighted by Gasteiger charge is 2.29. The lowest BCUT2D eigenvalue weighted by molar-refractivity contribution is 0.0649. The van der Waals surface area contributed by atoms with Crippen LogP contribution in [-0.4, -0.2) is 39.9 Å². The summed E-state index contributed by atoms with van der Waals surface area (Å²) in [5.41, 5.74) is -0.785. The van der Waals surface area contributed by atoms with E-state index in [9.17, 15) is 15.0 Å². The van der Waals surface area contributed by atoms with Crippen LogP contribution in [0, 0.1) is 0 Å². The maximum Gasteiger partial charge on any atom is 0.271 e. The predicted molar refractivity (Wildman–Crippen MR) is 74.5 cm³/mol. The maximum atomic E-state index is 12.1. The van der Waals surface area contributed by atoms with E-state index in [-0.39, 0.29) is 18.9 Å². The quantitative estimate of drug-likeness (QED) is 0.746. The van der Waals surface area contributed by atoms with Gasteiger partial charge in [0.1, 0.15) is 5.69 Å². The Morgan fingerprint density at radius 3 is 2.80 bits per heavy atom. The van der Waals surface area contributed by atoms with Crippen molar-refractivity contribution in [3.8, 4) is 10.8 Å². The summed E-state index contributed by atoms with van der Waals surface area (Å²) < 4.78 is 5.21. The molecule has 0 aliphatic carbocycles. The first-order chi connectivity index (χ1) is 9.64. The molecular formula is C13H16N2O4S. The second-order valence-corrected chi connectivity index (χ2v) is 5.28. The van der Waals surface area contributed by atoms with Crippen LogP contribution in [-0.2, 0) is 0 Å². The molecule has 0 fully saturated rings. The van der Waals surface area contributed by atoms with Gasteiger partial charge in [-0.15, -0.1) is 11.3 Å². The number of carbonyl (C=O) groups is 1. The van der Waals surface area contributed by atoms with E-state index in [1.165, 1.54) is 17.6 Å². The number of rotatable bonds is 6. The predicted octanol–water partition coefficient (Wildman–Crippen LogP) is 1.27. The molecule has 7 heteroatoms. The van der Waals surface area contributed by atoms with Gasteiger partial charge < -0.3 is 19.9 Å². The van der Waals surface area contributed by atoms with Crippen LogP contribution in [0.25, 0.3) is 10.8 Å². The van der Waals surface area contributed by atoms with Crippen LogP contribution in [0.3, 0.4) is 0 Å². The summed E-state index contributed by atoms with van der Waals surface area (Å²) in [6.07, 6.45) is 1.96. The van der Waals surface area contributed by atoms with Gasteiger partial charge in [-0.1, -0.05) is 6.92 Å². The van der Waals surface area contributed by atoms with Crippen molar-refractivity contribution in [3.05, 3.63) is 29.5 Å². The van der Waals surface area contributed by atoms with Gasteiger partial charge in [0.25, 0.3) is 5.91 Å². The lowest BCUT2D eigenvalue weighted by atomic mass is 9.98. The molecule has 2 heterocycles. The number of nitrogens with one attached hydrogen (secondary N) is 1. The SMILES string of the molecule is CCC(CO)(CO)NC(=O)c1csc(-c2ccco2)n1. The van der Waals surface area contributed by atoms with Gasteiger partial charge in [-0.05, 0) is 18.6 Å². The summed E-state index contributed by atoms with van der Waals surface area (Å²) in [7, 11) is 0. The lowest BCUT2D eigenvalue weighted by Crippen LogP contribution is -2.53. The third-order valence-electron chi connectivity index (χ3n) is 3.13. The molecule has 0 aliphatic heterocycles. The standard InChI is InChI=1S/C13H16N2O4S/c1-2-13(7-16,8-17)15-11(18)9-6-20-12(14-9)10-4-3-5-19-10/h3-6,16-17H,2,7-8H2,1H3,(H,15,18). The molecule has 20 heavy (non-hydrogen) atoms. The van der Waals surface area contributed by atoms with Gasteiger partial charge in [0, 0.05) is 5.38 Å². The molecule has 108 valence electrons. The third-order valence-corrected chi connectivity index (χ3v) is 3.99. The summed E-state index contributed by atoms with van der Waals surface area (Å²) in [5.74, 6) is 0.170. The third kappa shape index (κ3) is 2.90. The molecule has 6 nitrogen and oxygen atoms in total. The average molecular weight is 296 g/mol. The molecule has 0 aromatic carbocycles. The molecule has 0 unspecified atom stereocenters. The van der Waals surface area contributed by atoms with E-state index in [2.05, 4.69) is 10.3 Å². The van der Waals surface area contributed by atoms with Crippen molar-refractivity contribution in [2.24, 2.45) is 0 Å². The first kappa shape index (κ1) is 14.7. The first-order valence-electron chi connectivity index (χ1n) is 6.18. The summed E-state index contributed by atoms with van der Waals surface area (Å²) in [4.78, 5) is 16.3. The van der Waals surface area contributed by atoms with E-state index in [0.717, 1.165) is 0 Å². The zero-order valence-electron chi connectivity index (χ0n) is 11.0. The molecule has 0 spiro atoms. The Balaban J connectivity index is 2.14. The van der Waals surface area contributed by atoms with Gasteiger partial charge in [0.05, 0.1) is 25.0 Å². The Hall–Kier alpha value is -1.70. The van der Waals surface area contributed by atoms with Crippen LogP contribution in [0.4, 0.5) is 0 Å². The molecule has 2 aromatic rings. The molecule has 0 atom stereocenters. The second-order valence-electron chi connectivity index (χ2n) is 4.42. The highest BCUT2D eigenvalue weighted by Crippen LogP contribution is 2.24. The summed E-state index contributed by atoms with van der Waals surface area (Å²) in [6.45, 7) is 1.11. The van der Waals surface area contributed by atoms with Gasteiger partial charge in [0.15, 0.2) is 10.8 Å². The van der Waals surface area contributed by atoms with Crippen LogP contribution in [0.5, 0.6) is 0 Å². The van der Waals surface area contributed by atoms with Crippen molar-refractivity contribution < 1.29 is 19.4 Å². The largest absolute Gasteiger partial charge is 0.462 e. The van der Waals surface area contributed by atoms with Crippen LogP contribution in [0.2, 0.25) is 0 Å². The van der Waals surface area contributed by atoms with Crippen molar-refractivity contribution in [1.29, 1.82) is 0 Å². The van der Waals surface area contributed by atoms with Crippen LogP contribution < -0.4 is 5.32 Å². The summed E-state index contributed by atoms with van der Waals surface area (Å²) in [5, 5.41) is 23.5. The fourth-order valence-electron chi connectivity index (χ4n) is 1.64. The van der Waals surface area contributed by atoms with Gasteiger partial charge in [-0.3, -0.25) is 4.79 Å². The number of amides is 1. The normalized spacial score (nSPS) is 11.6. The fourth-order valence-corrected chi connectivity index (χ4v) is 2.40. The number of nitrogens with zero attached hydrogens (tertiary/aromatic N) is 1. The summed E-state index contributed by atoms with van der Waals surface area (Å²) in [6, 6.07) is 3.51. The van der Waals surface area contributed by atoms with E-state index < -0.39 is 11.4 Å². The van der Waals surface area contributed by atoms with E-state index in [1.54, 1.807) is 24.4 Å². The smallest absolute Gasteiger partial charge is 0.271 e. The number of hydrogen-bond acceptors (Lipinski definition) is 6. The molecule has 0 saturated carbocycles. The number of aromatic nitrogens is 1. The molecule has 3 N–H and O–H groups in total. The van der Waals surface area contributed by atoms with Crippen LogP contribution in [0.15, 0.2) is 28.2 Å². The van der Waals surface area contributed by atoms with Crippen molar-refractivity contribution >= 4 is 17.2 Å². The fraction of sp³-hybridized carbons (Fsp3) is 0.385. The van der Waals surface area contributed by atoms with Crippen molar-refractivity contribution in [2.45, 2.75) is 18.9 Å². The molecule has 2 rings (SSSR count). The van der Waals surface area contributed by atoms with Crippen molar-refractivity contribution in [3.63, 3.8) is 0 Å². The number of thiazole rings is 1. The van der Waals surface area contributed by atoms with Crippen molar-refractivity contribution in [2.75, 3.05) is 13.2 Å². The van der Waals surface area contributed by atoms with Gasteiger partial charge in [-0.2, -0.15) is 0 Å². The number of furan rings is 1. The molecule has 1 amide bonds. The van der Waals surface area contributed by atoms with E-state index in [0.29, 0.717) is 17.2 Å². The van der Waals surface area contributed by atoms with E-state index in [1.807, 2.05) is 0 Å². The average Bonchev–Trinajstić information content (AvgIpc) is 3.14. The molecule has 2 aromatic heterocycles. The van der Waals surface area contributed by atoms with Crippen LogP contribution >= 0.6 is 11.3 Å². The molecular weight excluding hydrogens is 280 g/mol. The minimum absolute atomic E-state index is 0.237. The van der Waals surface area contributed by atoms with Crippen molar-refractivity contribution in [1.82, 2.24) is 10.3 Å². The lowest BCUT2D eigenvalue weighted by Gasteiger charge is -2.29. The molecule has 0 bridgehead atoms. The van der Waals surface area contributed by atoms with Gasteiger partial charge >= 0.3 is 0 Å². The van der Waals surface area contributed by atoms with Crippen LogP contribution in [0.1, 0.15) is 23.8 Å². The highest BCUT2D eigenvalue weighted by molar-refractivity contribution is 7.13. The Labute approximate surface area is 120 Å². The topological polar surface area (TPSA) is 95.6 Å². The molecule has 0 saturated heterocycles. The summed E-state index contributed by atoms with van der Waals surface area (Å²) >= 11 is 1.29. The zero-order valence-corrected chi connectivity index (χ0v) is 11.8. The van der Waals surface area contributed by atoms with Gasteiger partial charge in [-0.25, -0.2) is 4.98 Å². The highest BCUT2D eigenvalue weighted by atomic mass is 32.1. The number of carbonyl (C=O) groups excluding carboxylic acids is 1. The first-order valence-corrected chi connectivity index (χ1v) is 7.05. The minimum atomic E-state index is -1.02. The molecule has 0 radical (unpaired) electrons. The monoisotopic (exact) mass is 296 g/mol. The Bertz CT molecular complexity index is 552. The van der Waals surface area contributed by atoms with Gasteiger partial charge in [0.2, 0.25) is 0 Å². The minimum Gasteiger partial charge on any atom is -0.462 e. The Morgan fingerprint density at radius 1 is 1.50 bits per heavy atom. The zero-order chi connectivity index (χ0) is 14.6. The van der Waals surface area contributed by atoms with E-state index in [4.69, 9.17) is 4.42 Å². The Morgan fingerprint density at radius 2 is 2.25 bits per heavy atom. The number of aliphatic hydroxyl groups excluding tert-OH is 2.